The van der Waals surface area contributed by atoms with Gasteiger partial charge in [-0.3, -0.25) is 0 Å². The summed E-state index contributed by atoms with van der Waals surface area (Å²) in [4.78, 5) is 0. The first kappa shape index (κ1) is 10.1. The fourth-order valence-electron chi connectivity index (χ4n) is 1.82. The van der Waals surface area contributed by atoms with Gasteiger partial charge >= 0.3 is 0 Å². The van der Waals surface area contributed by atoms with Crippen molar-refractivity contribution in [2.24, 2.45) is 0 Å². The fraction of sp³-hybridized carbons (Fsp3) is 0. The van der Waals surface area contributed by atoms with Crippen LogP contribution in [0.1, 0.15) is 0 Å². The molecule has 0 bridgehead atoms. The fourth-order valence-corrected chi connectivity index (χ4v) is 4.80. The van der Waals surface area contributed by atoms with Gasteiger partial charge in [0.1, 0.15) is 0 Å². The molecule has 2 heteroatoms. The second-order valence-corrected chi connectivity index (χ2v) is 6.95. The van der Waals surface area contributed by atoms with E-state index in [-0.39, 0.29) is 0 Å². The molecule has 3 rings (SSSR count). The third-order valence-electron chi connectivity index (χ3n) is 2.58. The first-order valence-corrected chi connectivity index (χ1v) is 7.32. The van der Waals surface area contributed by atoms with Crippen molar-refractivity contribution in [3.8, 4) is 0 Å². The minimum absolute atomic E-state index is 0.828. The second kappa shape index (κ2) is 4.42. The van der Waals surface area contributed by atoms with Gasteiger partial charge in [0.25, 0.3) is 0 Å². The first-order valence-electron chi connectivity index (χ1n) is 5.32. The minimum Gasteiger partial charge on any atom is -0.124 e. The highest BCUT2D eigenvalue weighted by atomic mass is 31.1. The van der Waals surface area contributed by atoms with E-state index in [0.717, 1.165) is 16.8 Å². The summed E-state index contributed by atoms with van der Waals surface area (Å²) in [5, 5.41) is 5.93. The van der Waals surface area contributed by atoms with Crippen molar-refractivity contribution < 1.29 is 0 Å². The lowest BCUT2D eigenvalue weighted by Gasteiger charge is -1.97. The van der Waals surface area contributed by atoms with E-state index in [9.17, 15) is 0 Å². The van der Waals surface area contributed by atoms with E-state index in [2.05, 4.69) is 60.7 Å². The van der Waals surface area contributed by atoms with Crippen LogP contribution in [0, 0.1) is 0 Å². The van der Waals surface area contributed by atoms with Gasteiger partial charge in [0.05, 0.1) is 0 Å². The molecular weight excluding hydrogens is 230 g/mol. The quantitative estimate of drug-likeness (QED) is 0.603. The summed E-state index contributed by atoms with van der Waals surface area (Å²) in [7, 11) is 1.70. The summed E-state index contributed by atoms with van der Waals surface area (Å²) in [6.45, 7) is 0. The predicted molar refractivity (Wildman–Crippen MR) is 77.5 cm³/mol. The highest BCUT2D eigenvalue weighted by molar-refractivity contribution is 7.68. The van der Waals surface area contributed by atoms with Crippen LogP contribution in [-0.4, -0.2) is 0 Å². The molecule has 0 amide bonds. The van der Waals surface area contributed by atoms with Crippen LogP contribution in [-0.2, 0) is 0 Å². The van der Waals surface area contributed by atoms with E-state index in [0.29, 0.717) is 0 Å². The molecule has 1 heterocycles. The minimum atomic E-state index is 0.828. The maximum atomic E-state index is 2.36. The Balaban J connectivity index is 1.95. The average Bonchev–Trinajstić information content (AvgIpc) is 2.72. The monoisotopic (exact) mass is 242 g/mol. The Kier molecular flexibility index (Phi) is 2.79. The molecule has 0 fully saturated rings. The molecule has 2 atom stereocenters. The maximum absolute atomic E-state index is 2.36. The van der Waals surface area contributed by atoms with E-state index < -0.39 is 0 Å². The van der Waals surface area contributed by atoms with Crippen LogP contribution in [0.25, 0.3) is 10.5 Å². The zero-order valence-corrected chi connectivity index (χ0v) is 10.8. The first-order chi connectivity index (χ1) is 7.92. The van der Waals surface area contributed by atoms with Crippen molar-refractivity contribution in [1.82, 2.24) is 0 Å². The van der Waals surface area contributed by atoms with E-state index >= 15 is 0 Å². The van der Waals surface area contributed by atoms with Crippen molar-refractivity contribution >= 4 is 37.6 Å². The Bertz CT molecular complexity index is 563. The van der Waals surface area contributed by atoms with Gasteiger partial charge in [0.2, 0.25) is 0 Å². The Morgan fingerprint density at radius 3 is 2.38 bits per heavy atom. The standard InChI is InChI=1S/C14H12P2/c1-2-7-12(8-3-1)15-14-10-11-6-4-5-9-13(11)16-14/h1-10,15-16H. The van der Waals surface area contributed by atoms with Gasteiger partial charge in [0, 0.05) is 0 Å². The normalized spacial score (nSPS) is 12.0. The second-order valence-electron chi connectivity index (χ2n) is 3.76. The van der Waals surface area contributed by atoms with Crippen LogP contribution in [0.2, 0.25) is 0 Å². The molecule has 0 aliphatic heterocycles. The van der Waals surface area contributed by atoms with Gasteiger partial charge in [-0.1, -0.05) is 63.2 Å². The topological polar surface area (TPSA) is 0 Å². The van der Waals surface area contributed by atoms with Crippen LogP contribution in [0.4, 0.5) is 0 Å². The van der Waals surface area contributed by atoms with Crippen LogP contribution in [0.15, 0.2) is 60.7 Å². The molecule has 0 N–H and O–H groups in total. The lowest BCUT2D eigenvalue weighted by atomic mass is 10.3. The molecule has 2 unspecified atom stereocenters. The number of fused-ring (bicyclic) bond motifs is 1. The molecule has 0 saturated carbocycles. The summed E-state index contributed by atoms with van der Waals surface area (Å²) < 4.78 is 0. The van der Waals surface area contributed by atoms with Crippen molar-refractivity contribution in [3.63, 3.8) is 0 Å². The van der Waals surface area contributed by atoms with Gasteiger partial charge in [-0.15, -0.1) is 8.19 Å². The molecule has 0 aliphatic carbocycles. The van der Waals surface area contributed by atoms with Crippen molar-refractivity contribution in [2.75, 3.05) is 0 Å². The number of benzene rings is 2. The van der Waals surface area contributed by atoms with Gasteiger partial charge in [0.15, 0.2) is 0 Å². The molecule has 0 saturated heterocycles. The molecule has 0 aliphatic rings. The molecule has 78 valence electrons. The average molecular weight is 242 g/mol. The molecule has 0 radical (unpaired) electrons. The Hall–Kier alpha value is -1.09. The lowest BCUT2D eigenvalue weighted by Crippen LogP contribution is -1.97. The SMILES string of the molecule is c1ccc(Pc2cc3ccccc3[pH]2)cc1. The molecule has 2 aromatic carbocycles. The molecule has 0 spiro atoms. The summed E-state index contributed by atoms with van der Waals surface area (Å²) in [5.74, 6) is 0. The van der Waals surface area contributed by atoms with E-state index in [1.54, 1.807) is 5.04 Å². The third kappa shape index (κ3) is 2.05. The van der Waals surface area contributed by atoms with E-state index in [1.807, 2.05) is 0 Å². The summed E-state index contributed by atoms with van der Waals surface area (Å²) in [5.41, 5.74) is 0. The van der Waals surface area contributed by atoms with Crippen molar-refractivity contribution in [3.05, 3.63) is 60.7 Å². The van der Waals surface area contributed by atoms with Gasteiger partial charge in [-0.25, -0.2) is 0 Å². The van der Waals surface area contributed by atoms with Crippen LogP contribution < -0.4 is 10.3 Å². The third-order valence-corrected chi connectivity index (χ3v) is 5.51. The Morgan fingerprint density at radius 1 is 0.812 bits per heavy atom. The van der Waals surface area contributed by atoms with E-state index in [1.165, 1.54) is 15.8 Å². The zero-order valence-electron chi connectivity index (χ0n) is 8.77. The molecule has 0 nitrogen and oxygen atoms in total. The Morgan fingerprint density at radius 2 is 1.56 bits per heavy atom. The number of hydrogen-bond donors (Lipinski definition) is 0. The largest absolute Gasteiger partial charge is 0.124 e. The summed E-state index contributed by atoms with van der Waals surface area (Å²) in [6.07, 6.45) is 0. The highest BCUT2D eigenvalue weighted by Gasteiger charge is 2.00. The van der Waals surface area contributed by atoms with Crippen LogP contribution in [0.3, 0.4) is 0 Å². The molecule has 16 heavy (non-hydrogen) atoms. The molecule has 1 aromatic heterocycles. The van der Waals surface area contributed by atoms with Crippen LogP contribution >= 0.6 is 16.8 Å². The smallest absolute Gasteiger partial charge is 0.00119 e. The van der Waals surface area contributed by atoms with Gasteiger partial charge in [-0.2, -0.15) is 0 Å². The van der Waals surface area contributed by atoms with E-state index in [4.69, 9.17) is 0 Å². The maximum Gasteiger partial charge on any atom is -0.00119 e. The molecular formula is C14H12P2. The Labute approximate surface area is 98.6 Å². The van der Waals surface area contributed by atoms with Crippen molar-refractivity contribution in [1.29, 1.82) is 0 Å². The zero-order chi connectivity index (χ0) is 10.8. The van der Waals surface area contributed by atoms with Crippen LogP contribution in [0.5, 0.6) is 0 Å². The van der Waals surface area contributed by atoms with Gasteiger partial charge < -0.3 is 0 Å². The number of hydrogen-bond acceptors (Lipinski definition) is 0. The van der Waals surface area contributed by atoms with Gasteiger partial charge in [-0.05, 0) is 26.9 Å². The molecule has 3 aromatic rings. The lowest BCUT2D eigenvalue weighted by molar-refractivity contribution is 1.78. The van der Waals surface area contributed by atoms with Crippen molar-refractivity contribution in [2.45, 2.75) is 0 Å². The number of rotatable bonds is 2. The summed E-state index contributed by atoms with van der Waals surface area (Å²) >= 11 is 0. The predicted octanol–water partition coefficient (Wildman–Crippen LogP) is 3.50. The summed E-state index contributed by atoms with van der Waals surface area (Å²) in [6, 6.07) is 21.8. The highest BCUT2D eigenvalue weighted by Crippen LogP contribution is 2.28.